The van der Waals surface area contributed by atoms with Crippen LogP contribution < -0.4 is 10.2 Å². The van der Waals surface area contributed by atoms with Crippen LogP contribution >= 0.6 is 0 Å². The minimum atomic E-state index is -0.446. The van der Waals surface area contributed by atoms with Gasteiger partial charge < -0.3 is 19.9 Å². The summed E-state index contributed by atoms with van der Waals surface area (Å²) in [6.07, 6.45) is 5.52. The summed E-state index contributed by atoms with van der Waals surface area (Å²) in [6, 6.07) is 4.74. The number of carbonyl (C=O) groups is 1. The number of piperazine rings is 1. The zero-order chi connectivity index (χ0) is 17.9. The first kappa shape index (κ1) is 18.0. The first-order chi connectivity index (χ1) is 11.9. The van der Waals surface area contributed by atoms with E-state index in [1.807, 2.05) is 27.0 Å². The summed E-state index contributed by atoms with van der Waals surface area (Å²) in [6.45, 7) is 9.69. The van der Waals surface area contributed by atoms with Crippen LogP contribution in [0.15, 0.2) is 18.3 Å². The molecule has 3 heterocycles. The number of nitrogens with one attached hydrogen (secondary N) is 1. The molecule has 3 rings (SSSR count). The molecule has 0 aromatic carbocycles. The van der Waals surface area contributed by atoms with Gasteiger partial charge in [-0.1, -0.05) is 12.5 Å². The van der Waals surface area contributed by atoms with Crippen molar-refractivity contribution >= 4 is 11.9 Å². The Morgan fingerprint density at radius 2 is 1.96 bits per heavy atom. The van der Waals surface area contributed by atoms with Gasteiger partial charge in [0.15, 0.2) is 0 Å². The SMILES string of the molecule is CC(C)(C)OC(=O)N1CCN(c2ccc(C3CCCCN3)cn2)CC1. The molecule has 2 fully saturated rings. The van der Waals surface area contributed by atoms with Crippen molar-refractivity contribution in [2.24, 2.45) is 0 Å². The molecule has 2 saturated heterocycles. The Morgan fingerprint density at radius 3 is 2.52 bits per heavy atom. The molecule has 25 heavy (non-hydrogen) atoms. The van der Waals surface area contributed by atoms with E-state index < -0.39 is 5.60 Å². The fourth-order valence-corrected chi connectivity index (χ4v) is 3.37. The molecular formula is C19H30N4O2. The second kappa shape index (κ2) is 7.60. The number of nitrogens with zero attached hydrogens (tertiary/aromatic N) is 3. The highest BCUT2D eigenvalue weighted by molar-refractivity contribution is 5.68. The molecule has 2 aliphatic heterocycles. The van der Waals surface area contributed by atoms with Crippen molar-refractivity contribution in [2.75, 3.05) is 37.6 Å². The van der Waals surface area contributed by atoms with Crippen molar-refractivity contribution < 1.29 is 9.53 Å². The smallest absolute Gasteiger partial charge is 0.410 e. The lowest BCUT2D eigenvalue weighted by molar-refractivity contribution is 0.0240. The van der Waals surface area contributed by atoms with Crippen LogP contribution in [0.4, 0.5) is 10.6 Å². The number of aromatic nitrogens is 1. The fraction of sp³-hybridized carbons (Fsp3) is 0.684. The number of hydrogen-bond donors (Lipinski definition) is 1. The van der Waals surface area contributed by atoms with Crippen molar-refractivity contribution in [3.63, 3.8) is 0 Å². The third-order valence-corrected chi connectivity index (χ3v) is 4.74. The Kier molecular flexibility index (Phi) is 5.47. The predicted octanol–water partition coefficient (Wildman–Crippen LogP) is 2.95. The maximum absolute atomic E-state index is 12.1. The highest BCUT2D eigenvalue weighted by Gasteiger charge is 2.26. The Morgan fingerprint density at radius 1 is 1.20 bits per heavy atom. The van der Waals surface area contributed by atoms with Gasteiger partial charge in [-0.25, -0.2) is 9.78 Å². The first-order valence-electron chi connectivity index (χ1n) is 9.34. The van der Waals surface area contributed by atoms with Gasteiger partial charge in [-0.05, 0) is 51.8 Å². The molecule has 1 atom stereocenters. The zero-order valence-electron chi connectivity index (χ0n) is 15.6. The molecule has 0 aliphatic carbocycles. The molecule has 0 saturated carbocycles. The standard InChI is InChI=1S/C19H30N4O2/c1-19(2,3)25-18(24)23-12-10-22(11-13-23)17-8-7-15(14-21-17)16-6-4-5-9-20-16/h7-8,14,16,20H,4-6,9-13H2,1-3H3. The van der Waals surface area contributed by atoms with Gasteiger partial charge >= 0.3 is 6.09 Å². The van der Waals surface area contributed by atoms with Gasteiger partial charge in [0.05, 0.1) is 0 Å². The Bertz CT molecular complexity index is 568. The van der Waals surface area contributed by atoms with Crippen molar-refractivity contribution in [2.45, 2.75) is 51.7 Å². The second-order valence-electron chi connectivity index (χ2n) is 7.91. The molecule has 1 N–H and O–H groups in total. The van der Waals surface area contributed by atoms with E-state index in [1.54, 1.807) is 4.90 Å². The van der Waals surface area contributed by atoms with E-state index in [4.69, 9.17) is 4.74 Å². The average molecular weight is 346 g/mol. The van der Waals surface area contributed by atoms with Crippen LogP contribution in [0.1, 0.15) is 51.6 Å². The van der Waals surface area contributed by atoms with Gasteiger partial charge in [0, 0.05) is 38.4 Å². The van der Waals surface area contributed by atoms with Crippen LogP contribution in [0.25, 0.3) is 0 Å². The Balaban J connectivity index is 1.53. The summed E-state index contributed by atoms with van der Waals surface area (Å²) in [5.41, 5.74) is 0.828. The van der Waals surface area contributed by atoms with Crippen molar-refractivity contribution in [1.82, 2.24) is 15.2 Å². The molecule has 1 unspecified atom stereocenters. The van der Waals surface area contributed by atoms with Gasteiger partial charge in [-0.15, -0.1) is 0 Å². The molecule has 138 valence electrons. The lowest BCUT2D eigenvalue weighted by Crippen LogP contribution is -2.50. The summed E-state index contributed by atoms with van der Waals surface area (Å²) >= 11 is 0. The van der Waals surface area contributed by atoms with Crippen molar-refractivity contribution in [1.29, 1.82) is 0 Å². The minimum absolute atomic E-state index is 0.223. The number of amides is 1. The van der Waals surface area contributed by atoms with E-state index in [2.05, 4.69) is 27.3 Å². The molecule has 2 aliphatic rings. The van der Waals surface area contributed by atoms with Gasteiger partial charge in [-0.2, -0.15) is 0 Å². The van der Waals surface area contributed by atoms with Crippen LogP contribution in [-0.2, 0) is 4.74 Å². The van der Waals surface area contributed by atoms with Gasteiger partial charge in [0.2, 0.25) is 0 Å². The number of anilines is 1. The Hall–Kier alpha value is -1.82. The molecule has 1 amide bonds. The topological polar surface area (TPSA) is 57.7 Å². The molecule has 6 heteroatoms. The summed E-state index contributed by atoms with van der Waals surface area (Å²) in [7, 11) is 0. The number of carbonyl (C=O) groups excluding carboxylic acids is 1. The second-order valence-corrected chi connectivity index (χ2v) is 7.91. The number of rotatable bonds is 2. The number of pyridine rings is 1. The summed E-state index contributed by atoms with van der Waals surface area (Å²) < 4.78 is 5.45. The normalized spacial score (nSPS) is 22.0. The van der Waals surface area contributed by atoms with E-state index >= 15 is 0 Å². The fourth-order valence-electron chi connectivity index (χ4n) is 3.37. The average Bonchev–Trinajstić information content (AvgIpc) is 2.61. The maximum atomic E-state index is 12.1. The number of piperidine rings is 1. The van der Waals surface area contributed by atoms with E-state index in [1.165, 1.54) is 24.8 Å². The summed E-state index contributed by atoms with van der Waals surface area (Å²) in [5, 5.41) is 3.56. The van der Waals surface area contributed by atoms with Gasteiger partial charge in [0.1, 0.15) is 11.4 Å². The molecular weight excluding hydrogens is 316 g/mol. The van der Waals surface area contributed by atoms with Crippen LogP contribution in [0.3, 0.4) is 0 Å². The van der Waals surface area contributed by atoms with Crippen LogP contribution in [0.5, 0.6) is 0 Å². The van der Waals surface area contributed by atoms with Crippen molar-refractivity contribution in [3.8, 4) is 0 Å². The van der Waals surface area contributed by atoms with Crippen LogP contribution in [0, 0.1) is 0 Å². The quantitative estimate of drug-likeness (QED) is 0.892. The maximum Gasteiger partial charge on any atom is 0.410 e. The molecule has 1 aromatic heterocycles. The van der Waals surface area contributed by atoms with E-state index in [0.717, 1.165) is 25.5 Å². The first-order valence-corrected chi connectivity index (χ1v) is 9.34. The lowest BCUT2D eigenvalue weighted by atomic mass is 9.99. The predicted molar refractivity (Wildman–Crippen MR) is 98.9 cm³/mol. The largest absolute Gasteiger partial charge is 0.444 e. The third kappa shape index (κ3) is 4.84. The molecule has 6 nitrogen and oxygen atoms in total. The molecule has 0 spiro atoms. The zero-order valence-corrected chi connectivity index (χ0v) is 15.6. The van der Waals surface area contributed by atoms with Crippen LogP contribution in [-0.4, -0.2) is 54.3 Å². The van der Waals surface area contributed by atoms with Crippen molar-refractivity contribution in [3.05, 3.63) is 23.9 Å². The molecule has 0 bridgehead atoms. The lowest BCUT2D eigenvalue weighted by Gasteiger charge is -2.36. The summed E-state index contributed by atoms with van der Waals surface area (Å²) in [4.78, 5) is 20.8. The highest BCUT2D eigenvalue weighted by Crippen LogP contribution is 2.24. The number of hydrogen-bond acceptors (Lipinski definition) is 5. The van der Waals surface area contributed by atoms with Crippen LogP contribution in [0.2, 0.25) is 0 Å². The third-order valence-electron chi connectivity index (χ3n) is 4.74. The Labute approximate surface area is 150 Å². The van der Waals surface area contributed by atoms with E-state index in [0.29, 0.717) is 19.1 Å². The van der Waals surface area contributed by atoms with E-state index in [-0.39, 0.29) is 6.09 Å². The molecule has 0 radical (unpaired) electrons. The monoisotopic (exact) mass is 346 g/mol. The highest BCUT2D eigenvalue weighted by atomic mass is 16.6. The molecule has 1 aromatic rings. The van der Waals surface area contributed by atoms with E-state index in [9.17, 15) is 4.79 Å². The van der Waals surface area contributed by atoms with Gasteiger partial charge in [-0.3, -0.25) is 0 Å². The summed E-state index contributed by atoms with van der Waals surface area (Å²) in [5.74, 6) is 0.989. The minimum Gasteiger partial charge on any atom is -0.444 e. The number of ether oxygens (including phenoxy) is 1. The van der Waals surface area contributed by atoms with Gasteiger partial charge in [0.25, 0.3) is 0 Å².